The van der Waals surface area contributed by atoms with Crippen LogP contribution < -0.4 is 16.4 Å². The number of hydrogen-bond donors (Lipinski definition) is 3. The van der Waals surface area contributed by atoms with E-state index in [1.807, 2.05) is 0 Å². The fraction of sp³-hybridized carbons (Fsp3) is 0.333. The molecule has 3 rings (SSSR count). The number of rotatable bonds is 5. The lowest BCUT2D eigenvalue weighted by molar-refractivity contribution is -0.137. The van der Waals surface area contributed by atoms with Crippen molar-refractivity contribution in [3.8, 4) is 0 Å². The number of alkyl halides is 3. The lowest BCUT2D eigenvalue weighted by Gasteiger charge is -2.13. The predicted octanol–water partition coefficient (Wildman–Crippen LogP) is 4.13. The maximum absolute atomic E-state index is 12.5. The van der Waals surface area contributed by atoms with E-state index < -0.39 is 17.8 Å². The highest BCUT2D eigenvalue weighted by Gasteiger charge is 2.31. The topological polar surface area (TPSA) is 89.3 Å². The van der Waals surface area contributed by atoms with Crippen molar-refractivity contribution in [1.82, 2.24) is 4.98 Å². The summed E-state index contributed by atoms with van der Waals surface area (Å²) in [6.45, 7) is 0.391. The second-order valence-electron chi connectivity index (χ2n) is 6.18. The minimum absolute atomic E-state index is 0. The minimum Gasteiger partial charge on any atom is -0.364 e. The van der Waals surface area contributed by atoms with Crippen LogP contribution in [0.1, 0.15) is 18.4 Å². The third-order valence-electron chi connectivity index (χ3n) is 4.18. The Kier molecular flexibility index (Phi) is 9.15. The molecule has 29 heavy (non-hydrogen) atoms. The Morgan fingerprint density at radius 1 is 1.10 bits per heavy atom. The largest absolute Gasteiger partial charge is 0.417 e. The SMILES string of the molecule is Cl.Cl.NC[C@H]1CC[C@@H](C(=O)Nc2ccc(Nc3ccc(C(F)(F)F)cn3)cc2)O1. The van der Waals surface area contributed by atoms with Crippen molar-refractivity contribution in [2.45, 2.75) is 31.2 Å². The van der Waals surface area contributed by atoms with Crippen LogP contribution in [0.5, 0.6) is 0 Å². The standard InChI is InChI=1S/C18H19F3N4O2.2ClH/c19-18(20,21)11-1-8-16(23-10-11)24-12-2-4-13(5-3-12)25-17(26)15-7-6-14(9-22)27-15;;/h1-5,8,10,14-15H,6-7,9,22H2,(H,23,24)(H,25,26);2*1H/t14-,15+;;/m1../s1. The fourth-order valence-corrected chi connectivity index (χ4v) is 2.71. The molecule has 0 aliphatic carbocycles. The van der Waals surface area contributed by atoms with Gasteiger partial charge in [-0.3, -0.25) is 4.79 Å². The van der Waals surface area contributed by atoms with Crippen molar-refractivity contribution < 1.29 is 22.7 Å². The van der Waals surface area contributed by atoms with E-state index in [1.165, 1.54) is 6.07 Å². The highest BCUT2D eigenvalue weighted by molar-refractivity contribution is 5.94. The number of hydrogen-bond acceptors (Lipinski definition) is 5. The first kappa shape index (κ1) is 25.0. The Hall–Kier alpha value is -2.07. The molecule has 6 nitrogen and oxygen atoms in total. The lowest BCUT2D eigenvalue weighted by atomic mass is 10.2. The molecule has 2 atom stereocenters. The molecule has 2 aromatic rings. The summed E-state index contributed by atoms with van der Waals surface area (Å²) in [4.78, 5) is 15.9. The molecule has 1 aromatic carbocycles. The third kappa shape index (κ3) is 6.74. The van der Waals surface area contributed by atoms with Crippen LogP contribution in [0.15, 0.2) is 42.6 Å². The molecular weight excluding hydrogens is 432 g/mol. The quantitative estimate of drug-likeness (QED) is 0.634. The molecule has 4 N–H and O–H groups in total. The van der Waals surface area contributed by atoms with Gasteiger partial charge in [0.1, 0.15) is 11.9 Å². The Morgan fingerprint density at radius 2 is 1.76 bits per heavy atom. The highest BCUT2D eigenvalue weighted by Crippen LogP contribution is 2.29. The summed E-state index contributed by atoms with van der Waals surface area (Å²) in [6.07, 6.45) is -2.84. The number of carbonyl (C=O) groups is 1. The molecular formula is C18H21Cl2F3N4O2. The van der Waals surface area contributed by atoms with Gasteiger partial charge in [-0.25, -0.2) is 4.98 Å². The average molecular weight is 453 g/mol. The van der Waals surface area contributed by atoms with Crippen molar-refractivity contribution in [3.63, 3.8) is 0 Å². The van der Waals surface area contributed by atoms with Gasteiger partial charge in [-0.15, -0.1) is 24.8 Å². The number of anilines is 3. The van der Waals surface area contributed by atoms with E-state index in [9.17, 15) is 18.0 Å². The summed E-state index contributed by atoms with van der Waals surface area (Å²) in [5.74, 6) is 0.0584. The van der Waals surface area contributed by atoms with Crippen molar-refractivity contribution >= 4 is 47.9 Å². The first-order valence-corrected chi connectivity index (χ1v) is 8.42. The number of carbonyl (C=O) groups excluding carboxylic acids is 1. The molecule has 0 radical (unpaired) electrons. The lowest BCUT2D eigenvalue weighted by Crippen LogP contribution is -2.29. The van der Waals surface area contributed by atoms with Gasteiger partial charge in [-0.05, 0) is 49.2 Å². The number of nitrogens with two attached hydrogens (primary N) is 1. The number of halogens is 5. The first-order chi connectivity index (χ1) is 12.8. The fourth-order valence-electron chi connectivity index (χ4n) is 2.71. The van der Waals surface area contributed by atoms with E-state index in [2.05, 4.69) is 15.6 Å². The first-order valence-electron chi connectivity index (χ1n) is 8.42. The molecule has 0 spiro atoms. The zero-order chi connectivity index (χ0) is 19.4. The van der Waals surface area contributed by atoms with Gasteiger partial charge < -0.3 is 21.1 Å². The number of nitrogens with zero attached hydrogens (tertiary/aromatic N) is 1. The maximum Gasteiger partial charge on any atom is 0.417 e. The van der Waals surface area contributed by atoms with Crippen LogP contribution in [-0.4, -0.2) is 29.6 Å². The maximum atomic E-state index is 12.5. The Labute approximate surface area is 178 Å². The molecule has 1 saturated heterocycles. The van der Waals surface area contributed by atoms with Gasteiger partial charge in [-0.1, -0.05) is 0 Å². The monoisotopic (exact) mass is 452 g/mol. The van der Waals surface area contributed by atoms with Crippen LogP contribution in [-0.2, 0) is 15.7 Å². The number of ether oxygens (including phenoxy) is 1. The van der Waals surface area contributed by atoms with Crippen LogP contribution in [0.3, 0.4) is 0 Å². The molecule has 1 amide bonds. The number of nitrogens with one attached hydrogen (secondary N) is 2. The minimum atomic E-state index is -4.42. The Balaban J connectivity index is 0.00000210. The summed E-state index contributed by atoms with van der Waals surface area (Å²) < 4.78 is 43.2. The van der Waals surface area contributed by atoms with Gasteiger partial charge >= 0.3 is 6.18 Å². The molecule has 1 aromatic heterocycles. The number of benzene rings is 1. The number of amides is 1. The zero-order valence-corrected chi connectivity index (χ0v) is 16.7. The Bertz CT molecular complexity index is 789. The van der Waals surface area contributed by atoms with Gasteiger partial charge in [0.05, 0.1) is 11.7 Å². The molecule has 1 aliphatic rings. The van der Waals surface area contributed by atoms with Crippen molar-refractivity contribution in [2.75, 3.05) is 17.2 Å². The van der Waals surface area contributed by atoms with Crippen LogP contribution in [0.4, 0.5) is 30.4 Å². The van der Waals surface area contributed by atoms with E-state index in [-0.39, 0.29) is 42.6 Å². The van der Waals surface area contributed by atoms with Gasteiger partial charge in [0.2, 0.25) is 0 Å². The molecule has 11 heteroatoms. The molecule has 0 unspecified atom stereocenters. The number of aromatic nitrogens is 1. The molecule has 0 saturated carbocycles. The van der Waals surface area contributed by atoms with Gasteiger partial charge in [0, 0.05) is 24.1 Å². The van der Waals surface area contributed by atoms with E-state index in [0.717, 1.165) is 18.7 Å². The van der Waals surface area contributed by atoms with E-state index in [0.29, 0.717) is 24.3 Å². The number of pyridine rings is 1. The molecule has 2 heterocycles. The summed E-state index contributed by atoms with van der Waals surface area (Å²) in [7, 11) is 0. The molecule has 1 fully saturated rings. The zero-order valence-electron chi connectivity index (χ0n) is 15.1. The third-order valence-corrected chi connectivity index (χ3v) is 4.18. The Morgan fingerprint density at radius 3 is 2.28 bits per heavy atom. The molecule has 1 aliphatic heterocycles. The summed E-state index contributed by atoms with van der Waals surface area (Å²) in [5.41, 5.74) is 5.94. The smallest absolute Gasteiger partial charge is 0.364 e. The normalized spacial score (nSPS) is 18.3. The van der Waals surface area contributed by atoms with E-state index >= 15 is 0 Å². The van der Waals surface area contributed by atoms with Crippen LogP contribution in [0.25, 0.3) is 0 Å². The summed E-state index contributed by atoms with van der Waals surface area (Å²) in [5, 5.41) is 5.67. The predicted molar refractivity (Wildman–Crippen MR) is 109 cm³/mol. The van der Waals surface area contributed by atoms with Crippen LogP contribution in [0, 0.1) is 0 Å². The van der Waals surface area contributed by atoms with Crippen LogP contribution in [0.2, 0.25) is 0 Å². The average Bonchev–Trinajstić information content (AvgIpc) is 3.12. The second-order valence-corrected chi connectivity index (χ2v) is 6.18. The van der Waals surface area contributed by atoms with Crippen molar-refractivity contribution in [2.24, 2.45) is 5.73 Å². The molecule has 0 bridgehead atoms. The highest BCUT2D eigenvalue weighted by atomic mass is 35.5. The van der Waals surface area contributed by atoms with Crippen molar-refractivity contribution in [3.05, 3.63) is 48.2 Å². The second kappa shape index (κ2) is 10.6. The van der Waals surface area contributed by atoms with Crippen LogP contribution >= 0.6 is 24.8 Å². The molecule has 160 valence electrons. The van der Waals surface area contributed by atoms with Gasteiger partial charge in [-0.2, -0.15) is 13.2 Å². The van der Waals surface area contributed by atoms with E-state index in [4.69, 9.17) is 10.5 Å². The summed E-state index contributed by atoms with van der Waals surface area (Å²) >= 11 is 0. The summed E-state index contributed by atoms with van der Waals surface area (Å²) in [6, 6.07) is 8.95. The van der Waals surface area contributed by atoms with E-state index in [1.54, 1.807) is 24.3 Å². The van der Waals surface area contributed by atoms with Crippen molar-refractivity contribution in [1.29, 1.82) is 0 Å². The van der Waals surface area contributed by atoms with Gasteiger partial charge in [0.15, 0.2) is 0 Å². The van der Waals surface area contributed by atoms with Gasteiger partial charge in [0.25, 0.3) is 5.91 Å².